The van der Waals surface area contributed by atoms with Crippen molar-refractivity contribution in [2.45, 2.75) is 37.0 Å². The average molecular weight is 522 g/mol. The summed E-state index contributed by atoms with van der Waals surface area (Å²) >= 11 is 0. The summed E-state index contributed by atoms with van der Waals surface area (Å²) < 4.78 is 15.2. The maximum absolute atomic E-state index is 13.7. The lowest BCUT2D eigenvalue weighted by molar-refractivity contribution is -0.148. The fourth-order valence-corrected chi connectivity index (χ4v) is 5.78. The number of amides is 3. The Hall–Kier alpha value is -4.25. The standard InChI is InChI=1S/C27H27N3O8/c1-27(26(35)38-4)13-18(25(34)37-3)19(28-27)20-21(24(33)29(20)14-9-11-15(36-2)12-10-14)30-22(31)16-7-5-6-8-17(16)23(30)32/h5-12,18-21,28H,13H2,1-4H3/t18-,19+,20+,21-,27-/m1/s1. The molecule has 0 unspecified atom stereocenters. The van der Waals surface area contributed by atoms with Gasteiger partial charge in [-0.05, 0) is 49.7 Å². The Balaban J connectivity index is 1.60. The number of carbonyl (C=O) groups is 5. The molecule has 198 valence electrons. The average Bonchev–Trinajstić information content (AvgIpc) is 3.41. The maximum Gasteiger partial charge on any atom is 0.325 e. The van der Waals surface area contributed by atoms with Crippen molar-refractivity contribution in [1.82, 2.24) is 10.2 Å². The van der Waals surface area contributed by atoms with Crippen LogP contribution in [0.3, 0.4) is 0 Å². The second-order valence-corrected chi connectivity index (χ2v) is 9.70. The van der Waals surface area contributed by atoms with Crippen LogP contribution < -0.4 is 15.0 Å². The summed E-state index contributed by atoms with van der Waals surface area (Å²) in [6.45, 7) is 1.60. The summed E-state index contributed by atoms with van der Waals surface area (Å²) in [5.41, 5.74) is -0.383. The minimum absolute atomic E-state index is 0.0347. The van der Waals surface area contributed by atoms with E-state index in [4.69, 9.17) is 14.2 Å². The number of ether oxygens (including phenoxy) is 3. The zero-order valence-electron chi connectivity index (χ0n) is 21.3. The first-order valence-electron chi connectivity index (χ1n) is 12.0. The molecular weight excluding hydrogens is 494 g/mol. The lowest BCUT2D eigenvalue weighted by Gasteiger charge is -2.52. The molecule has 3 amide bonds. The first-order chi connectivity index (χ1) is 18.2. The number of carbonyl (C=O) groups excluding carboxylic acids is 5. The summed E-state index contributed by atoms with van der Waals surface area (Å²) in [4.78, 5) is 68.5. The summed E-state index contributed by atoms with van der Waals surface area (Å²) in [7, 11) is 4.00. The van der Waals surface area contributed by atoms with E-state index in [1.807, 2.05) is 0 Å². The van der Waals surface area contributed by atoms with Crippen LogP contribution in [-0.2, 0) is 23.9 Å². The van der Waals surface area contributed by atoms with E-state index in [-0.39, 0.29) is 17.5 Å². The number of methoxy groups -OCH3 is 3. The number of β-lactam (4-membered cyclic amide) rings is 1. The maximum atomic E-state index is 13.7. The van der Waals surface area contributed by atoms with Crippen molar-refractivity contribution in [2.24, 2.45) is 5.92 Å². The Morgan fingerprint density at radius 3 is 2.03 bits per heavy atom. The molecule has 0 aliphatic carbocycles. The van der Waals surface area contributed by atoms with Gasteiger partial charge in [0.05, 0.1) is 44.4 Å². The van der Waals surface area contributed by atoms with Crippen LogP contribution in [0.5, 0.6) is 5.75 Å². The molecule has 0 bridgehead atoms. The van der Waals surface area contributed by atoms with Gasteiger partial charge in [0.2, 0.25) is 0 Å². The minimum Gasteiger partial charge on any atom is -0.497 e. The van der Waals surface area contributed by atoms with E-state index in [9.17, 15) is 24.0 Å². The zero-order chi connectivity index (χ0) is 27.4. The van der Waals surface area contributed by atoms with Crippen molar-refractivity contribution in [2.75, 3.05) is 26.2 Å². The van der Waals surface area contributed by atoms with E-state index < -0.39 is 59.2 Å². The van der Waals surface area contributed by atoms with E-state index in [0.717, 1.165) is 4.90 Å². The highest BCUT2D eigenvalue weighted by molar-refractivity contribution is 6.24. The number of nitrogens with zero attached hydrogens (tertiary/aromatic N) is 2. The Morgan fingerprint density at radius 2 is 1.50 bits per heavy atom. The number of rotatable bonds is 6. The third-order valence-corrected chi connectivity index (χ3v) is 7.62. The molecule has 38 heavy (non-hydrogen) atoms. The molecule has 3 aliphatic rings. The highest BCUT2D eigenvalue weighted by Crippen LogP contribution is 2.43. The highest BCUT2D eigenvalue weighted by Gasteiger charge is 2.64. The largest absolute Gasteiger partial charge is 0.497 e. The minimum atomic E-state index is -1.27. The molecule has 11 heteroatoms. The third-order valence-electron chi connectivity index (χ3n) is 7.62. The van der Waals surface area contributed by atoms with Crippen LogP contribution in [0.25, 0.3) is 0 Å². The topological polar surface area (TPSA) is 132 Å². The number of anilines is 1. The van der Waals surface area contributed by atoms with Crippen LogP contribution in [0.4, 0.5) is 5.69 Å². The predicted octanol–water partition coefficient (Wildman–Crippen LogP) is 1.16. The smallest absolute Gasteiger partial charge is 0.325 e. The van der Waals surface area contributed by atoms with Gasteiger partial charge in [-0.2, -0.15) is 0 Å². The van der Waals surface area contributed by atoms with Crippen molar-refractivity contribution in [1.29, 1.82) is 0 Å². The first-order valence-corrected chi connectivity index (χ1v) is 12.0. The van der Waals surface area contributed by atoms with Gasteiger partial charge in [-0.15, -0.1) is 0 Å². The molecule has 1 N–H and O–H groups in total. The van der Waals surface area contributed by atoms with Gasteiger partial charge >= 0.3 is 11.9 Å². The van der Waals surface area contributed by atoms with E-state index in [1.54, 1.807) is 43.3 Å². The molecule has 2 saturated heterocycles. The van der Waals surface area contributed by atoms with E-state index in [1.165, 1.54) is 38.4 Å². The monoisotopic (exact) mass is 521 g/mol. The van der Waals surface area contributed by atoms with Gasteiger partial charge < -0.3 is 19.1 Å². The summed E-state index contributed by atoms with van der Waals surface area (Å²) in [6, 6.07) is 10.1. The number of hydrogen-bond acceptors (Lipinski definition) is 9. The highest BCUT2D eigenvalue weighted by atomic mass is 16.5. The van der Waals surface area contributed by atoms with Crippen LogP contribution in [-0.4, -0.2) is 79.6 Å². The van der Waals surface area contributed by atoms with Gasteiger partial charge in [0.25, 0.3) is 17.7 Å². The molecule has 0 radical (unpaired) electrons. The number of nitrogens with one attached hydrogen (secondary N) is 1. The van der Waals surface area contributed by atoms with Crippen molar-refractivity contribution < 1.29 is 38.2 Å². The normalized spacial score (nSPS) is 28.2. The summed E-state index contributed by atoms with van der Waals surface area (Å²) in [5, 5.41) is 3.19. The van der Waals surface area contributed by atoms with Gasteiger partial charge in [0.15, 0.2) is 0 Å². The first kappa shape index (κ1) is 25.4. The molecule has 3 heterocycles. The van der Waals surface area contributed by atoms with Crippen LogP contribution in [0.1, 0.15) is 34.1 Å². The lowest BCUT2D eigenvalue weighted by Crippen LogP contribution is -2.78. The van der Waals surface area contributed by atoms with Gasteiger partial charge in [0, 0.05) is 11.7 Å². The van der Waals surface area contributed by atoms with Crippen LogP contribution >= 0.6 is 0 Å². The molecule has 2 aromatic carbocycles. The predicted molar refractivity (Wildman–Crippen MR) is 132 cm³/mol. The number of benzene rings is 2. The quantitative estimate of drug-likeness (QED) is 0.338. The second kappa shape index (κ2) is 9.25. The zero-order valence-corrected chi connectivity index (χ0v) is 21.3. The number of imide groups is 1. The fraction of sp³-hybridized carbons (Fsp3) is 0.370. The van der Waals surface area contributed by atoms with Crippen molar-refractivity contribution in [3.8, 4) is 5.75 Å². The Kier molecular flexibility index (Phi) is 6.18. The Morgan fingerprint density at radius 1 is 0.895 bits per heavy atom. The second-order valence-electron chi connectivity index (χ2n) is 9.70. The van der Waals surface area contributed by atoms with Crippen LogP contribution in [0.2, 0.25) is 0 Å². The number of esters is 2. The molecule has 2 fully saturated rings. The molecule has 5 atom stereocenters. The summed E-state index contributed by atoms with van der Waals surface area (Å²) in [6.07, 6.45) is 0.0347. The Bertz CT molecular complexity index is 1310. The molecule has 5 rings (SSSR count). The van der Waals surface area contributed by atoms with E-state index >= 15 is 0 Å². The van der Waals surface area contributed by atoms with Crippen molar-refractivity contribution in [3.05, 3.63) is 59.7 Å². The van der Waals surface area contributed by atoms with Gasteiger partial charge in [0.1, 0.15) is 17.3 Å². The summed E-state index contributed by atoms with van der Waals surface area (Å²) in [5.74, 6) is -3.16. The molecule has 0 saturated carbocycles. The molecule has 11 nitrogen and oxygen atoms in total. The van der Waals surface area contributed by atoms with Crippen LogP contribution in [0, 0.1) is 5.92 Å². The number of hydrogen-bond donors (Lipinski definition) is 1. The lowest BCUT2D eigenvalue weighted by atomic mass is 9.80. The molecule has 0 aromatic heterocycles. The SMILES string of the molecule is COC(=O)[C@@H]1C[C@](C)(C(=O)OC)N[C@@H]1[C@H]1[C@@H](N2C(=O)c3ccccc3C2=O)C(=O)N1c1ccc(OC)cc1. The molecule has 0 spiro atoms. The van der Waals surface area contributed by atoms with Crippen LogP contribution in [0.15, 0.2) is 48.5 Å². The van der Waals surface area contributed by atoms with Gasteiger partial charge in [-0.25, -0.2) is 0 Å². The van der Waals surface area contributed by atoms with Crippen molar-refractivity contribution >= 4 is 35.3 Å². The van der Waals surface area contributed by atoms with Gasteiger partial charge in [-0.3, -0.25) is 34.2 Å². The number of fused-ring (bicyclic) bond motifs is 1. The molecular formula is C27H27N3O8. The van der Waals surface area contributed by atoms with Gasteiger partial charge in [-0.1, -0.05) is 12.1 Å². The fourth-order valence-electron chi connectivity index (χ4n) is 5.78. The van der Waals surface area contributed by atoms with Crippen molar-refractivity contribution in [3.63, 3.8) is 0 Å². The molecule has 2 aromatic rings. The third kappa shape index (κ3) is 3.65. The Labute approximate surface area is 218 Å². The molecule has 3 aliphatic heterocycles. The van der Waals surface area contributed by atoms with E-state index in [0.29, 0.717) is 11.4 Å². The van der Waals surface area contributed by atoms with E-state index in [2.05, 4.69) is 5.32 Å².